The molecule has 0 aliphatic carbocycles. The van der Waals surface area contributed by atoms with Crippen LogP contribution >= 0.6 is 11.8 Å². The van der Waals surface area contributed by atoms with Gasteiger partial charge in [0.25, 0.3) is 0 Å². The number of hydrogen-bond donors (Lipinski definition) is 1. The van der Waals surface area contributed by atoms with Crippen LogP contribution in [-0.2, 0) is 0 Å². The van der Waals surface area contributed by atoms with Crippen LogP contribution in [0.5, 0.6) is 0 Å². The fourth-order valence-corrected chi connectivity index (χ4v) is 2.83. The molecule has 0 radical (unpaired) electrons. The topological polar surface area (TPSA) is 35.8 Å². The maximum absolute atomic E-state index is 9.18. The van der Waals surface area contributed by atoms with Crippen LogP contribution < -0.4 is 5.32 Å². The molecule has 0 bridgehead atoms. The molecule has 0 saturated carbocycles. The predicted molar refractivity (Wildman–Crippen MR) is 57.7 cm³/mol. The van der Waals surface area contributed by atoms with Crippen molar-refractivity contribution in [3.8, 4) is 6.07 Å². The van der Waals surface area contributed by atoms with Crippen molar-refractivity contribution in [3.63, 3.8) is 0 Å². The largest absolute Gasteiger partial charge is 0.295 e. The van der Waals surface area contributed by atoms with Crippen LogP contribution in [0.25, 0.3) is 0 Å². The fourth-order valence-electron chi connectivity index (χ4n) is 1.63. The normalized spacial score (nSPS) is 33.7. The van der Waals surface area contributed by atoms with Crippen molar-refractivity contribution >= 4 is 11.8 Å². The summed E-state index contributed by atoms with van der Waals surface area (Å²) in [6.45, 7) is 6.51. The Hall–Kier alpha value is -0.460. The van der Waals surface area contributed by atoms with Crippen molar-refractivity contribution in [3.05, 3.63) is 12.7 Å². The van der Waals surface area contributed by atoms with E-state index in [9.17, 15) is 5.26 Å². The van der Waals surface area contributed by atoms with Gasteiger partial charge in [-0.05, 0) is 18.6 Å². The number of hydrogen-bond acceptors (Lipinski definition) is 3. The van der Waals surface area contributed by atoms with Gasteiger partial charge in [0, 0.05) is 11.8 Å². The molecule has 13 heavy (non-hydrogen) atoms. The van der Waals surface area contributed by atoms with Crippen LogP contribution in [0.2, 0.25) is 0 Å². The SMILES string of the molecule is C=CCNC1(C#N)CCCSC1C. The minimum absolute atomic E-state index is 0.322. The highest BCUT2D eigenvalue weighted by Gasteiger charge is 2.38. The molecule has 3 heteroatoms. The van der Waals surface area contributed by atoms with Crippen LogP contribution in [0, 0.1) is 11.3 Å². The van der Waals surface area contributed by atoms with E-state index in [1.165, 1.54) is 5.75 Å². The van der Waals surface area contributed by atoms with E-state index in [1.807, 2.05) is 17.8 Å². The van der Waals surface area contributed by atoms with Crippen LogP contribution in [0.1, 0.15) is 19.8 Å². The Balaban J connectivity index is 2.65. The lowest BCUT2D eigenvalue weighted by molar-refractivity contribution is 0.386. The van der Waals surface area contributed by atoms with Crippen LogP contribution in [0.3, 0.4) is 0 Å². The number of nitriles is 1. The molecule has 0 aromatic rings. The summed E-state index contributed by atoms with van der Waals surface area (Å²) >= 11 is 1.88. The summed E-state index contributed by atoms with van der Waals surface area (Å²) in [7, 11) is 0. The Labute approximate surface area is 84.4 Å². The number of nitrogens with zero attached hydrogens (tertiary/aromatic N) is 1. The molecule has 1 aliphatic heterocycles. The van der Waals surface area contributed by atoms with Gasteiger partial charge in [0.15, 0.2) is 0 Å². The quantitative estimate of drug-likeness (QED) is 0.701. The minimum Gasteiger partial charge on any atom is -0.295 e. The van der Waals surface area contributed by atoms with Crippen molar-refractivity contribution in [2.45, 2.75) is 30.6 Å². The molecular formula is C10H16N2S. The molecule has 1 rings (SSSR count). The number of thioether (sulfide) groups is 1. The van der Waals surface area contributed by atoms with Gasteiger partial charge in [0.2, 0.25) is 0 Å². The molecule has 1 saturated heterocycles. The molecule has 0 spiro atoms. The number of rotatable bonds is 3. The zero-order valence-corrected chi connectivity index (χ0v) is 8.86. The third kappa shape index (κ3) is 2.26. The maximum atomic E-state index is 9.18. The van der Waals surface area contributed by atoms with Crippen molar-refractivity contribution in [2.75, 3.05) is 12.3 Å². The monoisotopic (exact) mass is 196 g/mol. The van der Waals surface area contributed by atoms with Gasteiger partial charge >= 0.3 is 0 Å². The maximum Gasteiger partial charge on any atom is 0.118 e. The van der Waals surface area contributed by atoms with Crippen LogP contribution in [-0.4, -0.2) is 23.1 Å². The highest BCUT2D eigenvalue weighted by molar-refractivity contribution is 8.00. The van der Waals surface area contributed by atoms with Crippen molar-refractivity contribution in [1.82, 2.24) is 5.32 Å². The Morgan fingerprint density at radius 1 is 1.85 bits per heavy atom. The molecule has 2 atom stereocenters. The molecule has 1 fully saturated rings. The fraction of sp³-hybridized carbons (Fsp3) is 0.700. The Morgan fingerprint density at radius 2 is 2.62 bits per heavy atom. The molecule has 0 aromatic carbocycles. The molecule has 2 nitrogen and oxygen atoms in total. The molecule has 0 aromatic heterocycles. The first-order valence-corrected chi connectivity index (χ1v) is 5.69. The predicted octanol–water partition coefficient (Wildman–Crippen LogP) is 1.94. The van der Waals surface area contributed by atoms with Gasteiger partial charge in [-0.3, -0.25) is 5.32 Å². The van der Waals surface area contributed by atoms with Gasteiger partial charge in [-0.2, -0.15) is 17.0 Å². The molecular weight excluding hydrogens is 180 g/mol. The van der Waals surface area contributed by atoms with Gasteiger partial charge in [0.1, 0.15) is 5.54 Å². The van der Waals surface area contributed by atoms with Gasteiger partial charge in [-0.25, -0.2) is 0 Å². The lowest BCUT2D eigenvalue weighted by Gasteiger charge is -2.36. The van der Waals surface area contributed by atoms with E-state index in [1.54, 1.807) is 0 Å². The molecule has 1 aliphatic rings. The summed E-state index contributed by atoms with van der Waals surface area (Å²) in [6.07, 6.45) is 3.91. The van der Waals surface area contributed by atoms with E-state index in [2.05, 4.69) is 24.9 Å². The first kappa shape index (κ1) is 10.6. The minimum atomic E-state index is -0.322. The summed E-state index contributed by atoms with van der Waals surface area (Å²) < 4.78 is 0. The molecule has 2 unspecified atom stereocenters. The first-order valence-electron chi connectivity index (χ1n) is 4.64. The second-order valence-electron chi connectivity index (χ2n) is 3.37. The smallest absolute Gasteiger partial charge is 0.118 e. The Morgan fingerprint density at radius 3 is 3.15 bits per heavy atom. The van der Waals surface area contributed by atoms with E-state index in [4.69, 9.17) is 0 Å². The highest BCUT2D eigenvalue weighted by Crippen LogP contribution is 2.33. The second kappa shape index (κ2) is 4.69. The Bertz CT molecular complexity index is 221. The number of nitrogens with one attached hydrogen (secondary N) is 1. The third-order valence-corrected chi connectivity index (χ3v) is 3.97. The van der Waals surface area contributed by atoms with E-state index in [-0.39, 0.29) is 5.54 Å². The van der Waals surface area contributed by atoms with E-state index in [0.29, 0.717) is 5.25 Å². The van der Waals surface area contributed by atoms with E-state index < -0.39 is 0 Å². The summed E-state index contributed by atoms with van der Waals surface area (Å²) in [5.41, 5.74) is -0.322. The van der Waals surface area contributed by atoms with Crippen molar-refractivity contribution in [2.24, 2.45) is 0 Å². The van der Waals surface area contributed by atoms with Gasteiger partial charge < -0.3 is 0 Å². The first-order chi connectivity index (χ1) is 6.25. The van der Waals surface area contributed by atoms with E-state index in [0.717, 1.165) is 19.4 Å². The average Bonchev–Trinajstić information content (AvgIpc) is 2.17. The van der Waals surface area contributed by atoms with Gasteiger partial charge in [0.05, 0.1) is 6.07 Å². The zero-order valence-electron chi connectivity index (χ0n) is 8.05. The van der Waals surface area contributed by atoms with Crippen molar-refractivity contribution < 1.29 is 0 Å². The lowest BCUT2D eigenvalue weighted by atomic mass is 9.91. The van der Waals surface area contributed by atoms with Crippen LogP contribution in [0.4, 0.5) is 0 Å². The van der Waals surface area contributed by atoms with E-state index >= 15 is 0 Å². The molecule has 0 amide bonds. The average molecular weight is 196 g/mol. The molecule has 1 heterocycles. The van der Waals surface area contributed by atoms with Gasteiger partial charge in [-0.15, -0.1) is 6.58 Å². The lowest BCUT2D eigenvalue weighted by Crippen LogP contribution is -2.52. The summed E-state index contributed by atoms with van der Waals surface area (Å²) in [4.78, 5) is 0. The molecule has 72 valence electrons. The highest BCUT2D eigenvalue weighted by atomic mass is 32.2. The standard InChI is InChI=1S/C10H16N2S/c1-3-6-12-10(8-11)5-4-7-13-9(10)2/h3,9,12H,1,4-7H2,2H3. The summed E-state index contributed by atoms with van der Waals surface area (Å²) in [6, 6.07) is 2.42. The second-order valence-corrected chi connectivity index (χ2v) is 4.82. The summed E-state index contributed by atoms with van der Waals surface area (Å²) in [5, 5.41) is 12.8. The summed E-state index contributed by atoms with van der Waals surface area (Å²) in [5.74, 6) is 1.18. The van der Waals surface area contributed by atoms with Gasteiger partial charge in [-0.1, -0.05) is 13.0 Å². The Kier molecular flexibility index (Phi) is 3.83. The van der Waals surface area contributed by atoms with Crippen molar-refractivity contribution in [1.29, 1.82) is 5.26 Å². The molecule has 1 N–H and O–H groups in total. The zero-order chi connectivity index (χ0) is 9.73. The third-order valence-electron chi connectivity index (χ3n) is 2.54. The van der Waals surface area contributed by atoms with Crippen LogP contribution in [0.15, 0.2) is 12.7 Å².